The fourth-order valence-corrected chi connectivity index (χ4v) is 3.25. The van der Waals surface area contributed by atoms with Crippen molar-refractivity contribution in [2.75, 3.05) is 5.32 Å². The van der Waals surface area contributed by atoms with E-state index in [0.29, 0.717) is 12.1 Å². The molecule has 0 atom stereocenters. The zero-order valence-corrected chi connectivity index (χ0v) is 15.7. The smallest absolute Gasteiger partial charge is 0.256 e. The number of hydrogen-bond donors (Lipinski definition) is 1. The zero-order chi connectivity index (χ0) is 17.1. The Balaban J connectivity index is 1.84. The summed E-state index contributed by atoms with van der Waals surface area (Å²) in [6.45, 7) is 4.58. The summed E-state index contributed by atoms with van der Waals surface area (Å²) in [4.78, 5) is 12.6. The van der Waals surface area contributed by atoms with Crippen LogP contribution in [-0.2, 0) is 6.54 Å². The maximum atomic E-state index is 12.6. The predicted octanol–water partition coefficient (Wildman–Crippen LogP) is 4.41. The van der Waals surface area contributed by atoms with E-state index in [-0.39, 0.29) is 5.91 Å². The first-order valence-corrected chi connectivity index (χ1v) is 8.78. The molecular weight excluding hydrogens is 413 g/mol. The average molecular weight is 431 g/mol. The molecule has 5 heteroatoms. The van der Waals surface area contributed by atoms with Gasteiger partial charge in [0.25, 0.3) is 5.91 Å². The summed E-state index contributed by atoms with van der Waals surface area (Å²) in [6, 6.07) is 17.7. The third kappa shape index (κ3) is 3.51. The SMILES string of the molecule is Cc1nn(Cc2ccccc2)c(C)c1NC(=O)c1ccccc1I. The van der Waals surface area contributed by atoms with E-state index in [1.54, 1.807) is 0 Å². The molecule has 1 heterocycles. The number of nitrogens with zero attached hydrogens (tertiary/aromatic N) is 2. The highest BCUT2D eigenvalue weighted by Crippen LogP contribution is 2.22. The van der Waals surface area contributed by atoms with Crippen LogP contribution in [0.15, 0.2) is 54.6 Å². The quantitative estimate of drug-likeness (QED) is 0.623. The minimum Gasteiger partial charge on any atom is -0.319 e. The van der Waals surface area contributed by atoms with E-state index >= 15 is 0 Å². The number of amides is 1. The van der Waals surface area contributed by atoms with Gasteiger partial charge in [-0.15, -0.1) is 0 Å². The highest BCUT2D eigenvalue weighted by atomic mass is 127. The molecule has 0 aliphatic heterocycles. The fraction of sp³-hybridized carbons (Fsp3) is 0.158. The van der Waals surface area contributed by atoms with Crippen LogP contribution in [-0.4, -0.2) is 15.7 Å². The van der Waals surface area contributed by atoms with E-state index < -0.39 is 0 Å². The van der Waals surface area contributed by atoms with Crippen molar-refractivity contribution in [3.63, 3.8) is 0 Å². The summed E-state index contributed by atoms with van der Waals surface area (Å²) in [6.07, 6.45) is 0. The maximum Gasteiger partial charge on any atom is 0.256 e. The third-order valence-corrected chi connectivity index (χ3v) is 4.85. The fourth-order valence-electron chi connectivity index (χ4n) is 2.61. The number of nitrogens with one attached hydrogen (secondary N) is 1. The lowest BCUT2D eigenvalue weighted by molar-refractivity contribution is 0.102. The minimum absolute atomic E-state index is 0.106. The standard InChI is InChI=1S/C19H18IN3O/c1-13-18(21-19(24)16-10-6-7-11-17(16)20)14(2)23(22-13)12-15-8-4-3-5-9-15/h3-11H,12H2,1-2H3,(H,21,24). The van der Waals surface area contributed by atoms with Crippen molar-refractivity contribution in [2.45, 2.75) is 20.4 Å². The van der Waals surface area contributed by atoms with Gasteiger partial charge in [-0.2, -0.15) is 5.10 Å². The van der Waals surface area contributed by atoms with Crippen LogP contribution >= 0.6 is 22.6 Å². The molecule has 0 saturated carbocycles. The Morgan fingerprint density at radius 2 is 1.75 bits per heavy atom. The Bertz CT molecular complexity index is 872. The van der Waals surface area contributed by atoms with Crippen LogP contribution in [0.1, 0.15) is 27.3 Å². The number of rotatable bonds is 4. The van der Waals surface area contributed by atoms with Gasteiger partial charge in [0.15, 0.2) is 0 Å². The Morgan fingerprint density at radius 1 is 1.08 bits per heavy atom. The summed E-state index contributed by atoms with van der Waals surface area (Å²) in [5.41, 5.74) is 4.42. The molecule has 3 rings (SSSR count). The molecule has 4 nitrogen and oxygen atoms in total. The van der Waals surface area contributed by atoms with E-state index in [1.807, 2.05) is 61.0 Å². The van der Waals surface area contributed by atoms with Gasteiger partial charge in [0.05, 0.1) is 29.2 Å². The van der Waals surface area contributed by atoms with E-state index in [2.05, 4.69) is 45.1 Å². The molecule has 0 aliphatic carbocycles. The lowest BCUT2D eigenvalue weighted by Crippen LogP contribution is -2.14. The second kappa shape index (κ2) is 7.17. The second-order valence-electron chi connectivity index (χ2n) is 5.62. The van der Waals surface area contributed by atoms with Gasteiger partial charge in [0.1, 0.15) is 0 Å². The molecule has 1 aromatic heterocycles. The van der Waals surface area contributed by atoms with Crippen molar-refractivity contribution in [3.8, 4) is 0 Å². The predicted molar refractivity (Wildman–Crippen MR) is 104 cm³/mol. The molecule has 1 N–H and O–H groups in total. The van der Waals surface area contributed by atoms with Gasteiger partial charge in [-0.25, -0.2) is 0 Å². The number of carbonyl (C=O) groups excluding carboxylic acids is 1. The first-order chi connectivity index (χ1) is 11.6. The summed E-state index contributed by atoms with van der Waals surface area (Å²) in [7, 11) is 0. The topological polar surface area (TPSA) is 46.9 Å². The van der Waals surface area contributed by atoms with Crippen LogP contribution in [0.25, 0.3) is 0 Å². The molecule has 0 radical (unpaired) electrons. The van der Waals surface area contributed by atoms with Crippen LogP contribution in [0.5, 0.6) is 0 Å². The summed E-state index contributed by atoms with van der Waals surface area (Å²) < 4.78 is 2.86. The summed E-state index contributed by atoms with van der Waals surface area (Å²) in [5.74, 6) is -0.106. The summed E-state index contributed by atoms with van der Waals surface area (Å²) >= 11 is 2.17. The van der Waals surface area contributed by atoms with Gasteiger partial charge >= 0.3 is 0 Å². The normalized spacial score (nSPS) is 10.6. The van der Waals surface area contributed by atoms with Crippen molar-refractivity contribution in [1.29, 1.82) is 0 Å². The molecule has 0 saturated heterocycles. The maximum absolute atomic E-state index is 12.6. The highest BCUT2D eigenvalue weighted by molar-refractivity contribution is 14.1. The Hall–Kier alpha value is -2.15. The van der Waals surface area contributed by atoms with Crippen molar-refractivity contribution in [1.82, 2.24) is 9.78 Å². The van der Waals surface area contributed by atoms with Gasteiger partial charge in [-0.1, -0.05) is 42.5 Å². The molecule has 2 aromatic carbocycles. The van der Waals surface area contributed by atoms with Crippen molar-refractivity contribution in [2.24, 2.45) is 0 Å². The van der Waals surface area contributed by atoms with Gasteiger partial charge in [-0.05, 0) is 54.1 Å². The van der Waals surface area contributed by atoms with E-state index in [9.17, 15) is 4.79 Å². The Labute approximate surface area is 155 Å². The molecule has 0 spiro atoms. The number of carbonyl (C=O) groups is 1. The Morgan fingerprint density at radius 3 is 2.46 bits per heavy atom. The first-order valence-electron chi connectivity index (χ1n) is 7.70. The molecule has 1 amide bonds. The second-order valence-corrected chi connectivity index (χ2v) is 6.79. The molecule has 122 valence electrons. The molecule has 0 unspecified atom stereocenters. The zero-order valence-electron chi connectivity index (χ0n) is 13.6. The van der Waals surface area contributed by atoms with Gasteiger partial charge in [0, 0.05) is 3.57 Å². The van der Waals surface area contributed by atoms with E-state index in [0.717, 1.165) is 20.6 Å². The lowest BCUT2D eigenvalue weighted by Gasteiger charge is -2.08. The van der Waals surface area contributed by atoms with E-state index in [1.165, 1.54) is 5.56 Å². The van der Waals surface area contributed by atoms with Crippen molar-refractivity contribution < 1.29 is 4.79 Å². The lowest BCUT2D eigenvalue weighted by atomic mass is 10.2. The molecule has 0 aliphatic rings. The van der Waals surface area contributed by atoms with Crippen molar-refractivity contribution >= 4 is 34.2 Å². The van der Waals surface area contributed by atoms with Crippen LogP contribution in [0.3, 0.4) is 0 Å². The minimum atomic E-state index is -0.106. The third-order valence-electron chi connectivity index (χ3n) is 3.91. The number of anilines is 1. The average Bonchev–Trinajstić information content (AvgIpc) is 2.83. The monoisotopic (exact) mass is 431 g/mol. The van der Waals surface area contributed by atoms with Crippen LogP contribution in [0.2, 0.25) is 0 Å². The molecular formula is C19H18IN3O. The molecule has 24 heavy (non-hydrogen) atoms. The highest BCUT2D eigenvalue weighted by Gasteiger charge is 2.16. The van der Waals surface area contributed by atoms with Crippen LogP contribution in [0, 0.1) is 17.4 Å². The number of aryl methyl sites for hydroxylation is 1. The largest absolute Gasteiger partial charge is 0.319 e. The number of aromatic nitrogens is 2. The van der Waals surface area contributed by atoms with Gasteiger partial charge < -0.3 is 5.32 Å². The van der Waals surface area contributed by atoms with Gasteiger partial charge in [0.2, 0.25) is 0 Å². The van der Waals surface area contributed by atoms with Gasteiger partial charge in [-0.3, -0.25) is 9.48 Å². The Kier molecular flexibility index (Phi) is 4.99. The number of hydrogen-bond acceptors (Lipinski definition) is 2. The van der Waals surface area contributed by atoms with Crippen LogP contribution in [0.4, 0.5) is 5.69 Å². The molecule has 3 aromatic rings. The number of benzene rings is 2. The summed E-state index contributed by atoms with van der Waals surface area (Å²) in [5, 5.41) is 7.59. The first kappa shape index (κ1) is 16.7. The number of halogens is 1. The van der Waals surface area contributed by atoms with Crippen LogP contribution < -0.4 is 5.32 Å². The van der Waals surface area contributed by atoms with E-state index in [4.69, 9.17) is 0 Å². The molecule has 0 bridgehead atoms. The van der Waals surface area contributed by atoms with Crippen molar-refractivity contribution in [3.05, 3.63) is 80.7 Å². The molecule has 0 fully saturated rings.